The van der Waals surface area contributed by atoms with E-state index in [1.54, 1.807) is 24.0 Å². The normalized spacial score (nSPS) is 32.4. The van der Waals surface area contributed by atoms with Gasteiger partial charge in [-0.2, -0.15) is 0 Å². The lowest BCUT2D eigenvalue weighted by molar-refractivity contribution is -0.161. The van der Waals surface area contributed by atoms with Crippen molar-refractivity contribution in [2.75, 3.05) is 26.3 Å². The third-order valence-electron chi connectivity index (χ3n) is 7.68. The van der Waals surface area contributed by atoms with Gasteiger partial charge in [0.2, 0.25) is 11.8 Å². The van der Waals surface area contributed by atoms with Gasteiger partial charge in [-0.25, -0.2) is 0 Å². The van der Waals surface area contributed by atoms with Crippen molar-refractivity contribution in [3.05, 3.63) is 25.3 Å². The molecule has 2 unspecified atom stereocenters. The molecule has 0 aromatic heterocycles. The molecule has 8 heteroatoms. The molecule has 0 aromatic rings. The zero-order valence-electron chi connectivity index (χ0n) is 20.8. The molecule has 0 aromatic carbocycles. The largest absolute Gasteiger partial charge is 0.465 e. The number of aliphatic hydroxyl groups excluding tert-OH is 1. The Morgan fingerprint density at radius 1 is 1.32 bits per heavy atom. The number of aliphatic hydroxyl groups is 1. The summed E-state index contributed by atoms with van der Waals surface area (Å²) in [5, 5.41) is 9.94. The smallest absolute Gasteiger partial charge is 0.312 e. The van der Waals surface area contributed by atoms with E-state index in [1.165, 1.54) is 4.90 Å². The van der Waals surface area contributed by atoms with Crippen LogP contribution in [0, 0.1) is 11.8 Å². The van der Waals surface area contributed by atoms with Crippen LogP contribution >= 0.6 is 0 Å². The number of likely N-dealkylation sites (tertiary alicyclic amines) is 1. The van der Waals surface area contributed by atoms with Gasteiger partial charge in [-0.1, -0.05) is 25.5 Å². The molecule has 0 saturated carbocycles. The van der Waals surface area contributed by atoms with Crippen molar-refractivity contribution in [1.82, 2.24) is 9.80 Å². The van der Waals surface area contributed by atoms with Gasteiger partial charge in [-0.05, 0) is 46.0 Å². The second kappa shape index (κ2) is 10.6. The Bertz CT molecular complexity index is 815. The minimum Gasteiger partial charge on any atom is -0.465 e. The lowest BCUT2D eigenvalue weighted by atomic mass is 9.66. The van der Waals surface area contributed by atoms with Crippen LogP contribution in [0.15, 0.2) is 25.3 Å². The predicted octanol–water partition coefficient (Wildman–Crippen LogP) is 2.46. The number of ether oxygens (including phenoxy) is 2. The number of fused-ring (bicyclic) bond motifs is 1. The van der Waals surface area contributed by atoms with E-state index in [1.807, 2.05) is 6.92 Å². The van der Waals surface area contributed by atoms with Crippen molar-refractivity contribution in [3.8, 4) is 0 Å². The van der Waals surface area contributed by atoms with Gasteiger partial charge in [0.25, 0.3) is 0 Å². The summed E-state index contributed by atoms with van der Waals surface area (Å²) in [5.74, 6) is -2.57. The van der Waals surface area contributed by atoms with E-state index in [-0.39, 0.29) is 25.0 Å². The summed E-state index contributed by atoms with van der Waals surface area (Å²) in [4.78, 5) is 44.2. The van der Waals surface area contributed by atoms with Crippen molar-refractivity contribution in [2.24, 2.45) is 11.8 Å². The summed E-state index contributed by atoms with van der Waals surface area (Å²) in [6.07, 6.45) is 7.64. The first-order valence-electron chi connectivity index (χ1n) is 12.5. The van der Waals surface area contributed by atoms with E-state index in [4.69, 9.17) is 9.47 Å². The standard InChI is InChI=1S/C26H40N2O6/c1-6-9-11-16-33-24(32)20-19-22(30)28(18(4)17-29)21(26(19)13-12-25(20,5)34-26)23(31)27(14-8-3)15-10-7-2/h6,8,18-21,29H,1,3,7,9-17H2,2,4-5H3/t18-,19+,20-,21?,25+,26?/m1/s1. The third kappa shape index (κ3) is 4.31. The molecule has 2 bridgehead atoms. The number of carbonyl (C=O) groups excluding carboxylic acids is 3. The summed E-state index contributed by atoms with van der Waals surface area (Å²) in [6, 6.07) is -1.48. The number of amides is 2. The topological polar surface area (TPSA) is 96.4 Å². The first kappa shape index (κ1) is 26.4. The second-order valence-corrected chi connectivity index (χ2v) is 10.0. The predicted molar refractivity (Wildman–Crippen MR) is 128 cm³/mol. The van der Waals surface area contributed by atoms with Crippen LogP contribution in [0.4, 0.5) is 0 Å². The zero-order chi connectivity index (χ0) is 25.1. The number of unbranched alkanes of at least 4 members (excludes halogenated alkanes) is 2. The molecule has 0 radical (unpaired) electrons. The van der Waals surface area contributed by atoms with Crippen molar-refractivity contribution in [1.29, 1.82) is 0 Å². The van der Waals surface area contributed by atoms with Gasteiger partial charge in [0, 0.05) is 13.1 Å². The molecule has 3 heterocycles. The molecule has 34 heavy (non-hydrogen) atoms. The highest BCUT2D eigenvalue weighted by Crippen LogP contribution is 2.63. The van der Waals surface area contributed by atoms with Crippen LogP contribution in [-0.4, -0.2) is 82.3 Å². The average Bonchev–Trinajstić information content (AvgIpc) is 3.39. The molecule has 3 fully saturated rings. The summed E-state index contributed by atoms with van der Waals surface area (Å²) in [5.41, 5.74) is -1.97. The van der Waals surface area contributed by atoms with Gasteiger partial charge >= 0.3 is 5.97 Å². The van der Waals surface area contributed by atoms with Crippen LogP contribution in [0.5, 0.6) is 0 Å². The lowest BCUT2D eigenvalue weighted by Gasteiger charge is -2.38. The molecule has 8 nitrogen and oxygen atoms in total. The molecule has 3 rings (SSSR count). The van der Waals surface area contributed by atoms with Gasteiger partial charge in [-0.15, -0.1) is 13.2 Å². The zero-order valence-corrected chi connectivity index (χ0v) is 20.8. The van der Waals surface area contributed by atoms with Gasteiger partial charge in [0.05, 0.1) is 30.8 Å². The summed E-state index contributed by atoms with van der Waals surface area (Å²) < 4.78 is 12.1. The molecule has 3 aliphatic rings. The van der Waals surface area contributed by atoms with Crippen LogP contribution in [0.25, 0.3) is 0 Å². The minimum atomic E-state index is -1.11. The monoisotopic (exact) mass is 476 g/mol. The maximum absolute atomic E-state index is 14.0. The molecular formula is C26H40N2O6. The third-order valence-corrected chi connectivity index (χ3v) is 7.68. The molecular weight excluding hydrogens is 436 g/mol. The SMILES string of the molecule is C=CCCCOC(=O)[C@H]1[C@H]2C(=O)N([C@H](C)CO)C(C(=O)N(CC=C)CCCC)C23CC[C@]1(C)O3. The first-order chi connectivity index (χ1) is 16.2. The van der Waals surface area contributed by atoms with Crippen LogP contribution in [0.1, 0.15) is 59.3 Å². The number of nitrogens with zero attached hydrogens (tertiary/aromatic N) is 2. The van der Waals surface area contributed by atoms with Gasteiger partial charge in [-0.3, -0.25) is 14.4 Å². The summed E-state index contributed by atoms with van der Waals surface area (Å²) >= 11 is 0. The Kier molecular flexibility index (Phi) is 8.24. The van der Waals surface area contributed by atoms with E-state index >= 15 is 0 Å². The molecule has 3 saturated heterocycles. The van der Waals surface area contributed by atoms with Gasteiger partial charge < -0.3 is 24.4 Å². The Labute approximate surface area is 202 Å². The fourth-order valence-electron chi connectivity index (χ4n) is 6.02. The molecule has 190 valence electrons. The van der Waals surface area contributed by atoms with Crippen molar-refractivity contribution in [3.63, 3.8) is 0 Å². The van der Waals surface area contributed by atoms with Crippen LogP contribution in [0.2, 0.25) is 0 Å². The van der Waals surface area contributed by atoms with Gasteiger partial charge in [0.1, 0.15) is 17.6 Å². The van der Waals surface area contributed by atoms with Crippen molar-refractivity contribution < 1.29 is 29.0 Å². The molecule has 2 amide bonds. The number of esters is 1. The van der Waals surface area contributed by atoms with Crippen LogP contribution in [-0.2, 0) is 23.9 Å². The van der Waals surface area contributed by atoms with Crippen molar-refractivity contribution >= 4 is 17.8 Å². The Morgan fingerprint density at radius 2 is 2.06 bits per heavy atom. The van der Waals surface area contributed by atoms with E-state index in [0.717, 1.165) is 19.3 Å². The molecule has 6 atom stereocenters. The lowest BCUT2D eigenvalue weighted by Crippen LogP contribution is -2.58. The molecule has 3 aliphatic heterocycles. The number of hydrogen-bond acceptors (Lipinski definition) is 6. The Morgan fingerprint density at radius 3 is 2.68 bits per heavy atom. The minimum absolute atomic E-state index is 0.214. The highest BCUT2D eigenvalue weighted by atomic mass is 16.6. The Balaban J connectivity index is 1.98. The van der Waals surface area contributed by atoms with Crippen LogP contribution < -0.4 is 0 Å². The van der Waals surface area contributed by atoms with Gasteiger partial charge in [0.15, 0.2) is 0 Å². The fraction of sp³-hybridized carbons (Fsp3) is 0.731. The van der Waals surface area contributed by atoms with Crippen molar-refractivity contribution in [2.45, 2.75) is 82.6 Å². The number of allylic oxidation sites excluding steroid dienone is 1. The summed E-state index contributed by atoms with van der Waals surface area (Å²) in [6.45, 7) is 13.9. The number of hydrogen-bond donors (Lipinski definition) is 1. The van der Waals surface area contributed by atoms with E-state index in [0.29, 0.717) is 32.4 Å². The highest BCUT2D eigenvalue weighted by Gasteiger charge is 2.78. The van der Waals surface area contributed by atoms with E-state index in [2.05, 4.69) is 20.1 Å². The van der Waals surface area contributed by atoms with Crippen LogP contribution in [0.3, 0.4) is 0 Å². The molecule has 1 N–H and O–H groups in total. The quantitative estimate of drug-likeness (QED) is 0.249. The number of carbonyl (C=O) groups is 3. The van der Waals surface area contributed by atoms with E-state index < -0.39 is 41.1 Å². The number of rotatable bonds is 13. The second-order valence-electron chi connectivity index (χ2n) is 10.0. The maximum atomic E-state index is 14.0. The Hall–Kier alpha value is -2.19. The average molecular weight is 477 g/mol. The van der Waals surface area contributed by atoms with E-state index in [9.17, 15) is 19.5 Å². The maximum Gasteiger partial charge on any atom is 0.312 e. The first-order valence-corrected chi connectivity index (χ1v) is 12.5. The highest BCUT2D eigenvalue weighted by molar-refractivity contribution is 5.98. The summed E-state index contributed by atoms with van der Waals surface area (Å²) in [7, 11) is 0. The molecule has 0 aliphatic carbocycles. The fourth-order valence-corrected chi connectivity index (χ4v) is 6.02. The molecule has 1 spiro atoms.